The predicted molar refractivity (Wildman–Crippen MR) is 600 cm³/mol. The van der Waals surface area contributed by atoms with Crippen LogP contribution in [0.1, 0.15) is 231 Å². The molecule has 0 radical (unpaired) electrons. The lowest BCUT2D eigenvalue weighted by molar-refractivity contribution is -0.140. The second-order valence-electron chi connectivity index (χ2n) is 41.0. The number of hydrogen-bond acceptors (Lipinski definition) is 24. The zero-order chi connectivity index (χ0) is 105. The molecular weight excluding hydrogens is 1980 g/mol. The number of nitrogens with one attached hydrogen (secondary N) is 8. The van der Waals surface area contributed by atoms with E-state index in [1.165, 1.54) is 72.6 Å². The molecule has 8 amide bonds. The summed E-state index contributed by atoms with van der Waals surface area (Å²) < 4.78 is 27.7. The van der Waals surface area contributed by atoms with Crippen LogP contribution >= 0.6 is 45.3 Å². The summed E-state index contributed by atoms with van der Waals surface area (Å²) in [5.41, 5.74) is 11.0. The summed E-state index contributed by atoms with van der Waals surface area (Å²) in [4.78, 5) is 136. The molecule has 8 fully saturated rings. The summed E-state index contributed by atoms with van der Waals surface area (Å²) in [7, 11) is 7.05. The summed E-state index contributed by atoms with van der Waals surface area (Å²) in [6, 6.07) is 51.3. The molecule has 2 saturated carbocycles. The highest BCUT2D eigenvalue weighted by Gasteiger charge is 2.46. The SMILES string of the molecule is CCc1ccc2ccccc2c1-c1csc([C@@H]2CCCN2C(=O)[C@@H](NC(=O)[C@H](C)NC)C2CCCCC2)n1.CN[C@@H](C)C(=O)N[C@@H](C(=O)N1CCC[C@H]1c1nc(-c2cccc3ccccc23)cs1)C1CCOCC1.CN[C@@H](C)C(=O)N[C@H](C(=O)N1CCC[C@H]1c1nc(-c2ccc(C)c3ccccc23)cs1)C1CCCCC1.CN[C@@H](C)C(=O)N[C@H](C(=O)N1CCC[C@H]1c1nc(-c2cccc3ccccc23)cs1)C1CCOCC1.O=S=O. The van der Waals surface area contributed by atoms with E-state index < -0.39 is 35.7 Å². The van der Waals surface area contributed by atoms with Crippen LogP contribution in [-0.4, -0.2) is 224 Å². The number of rotatable bonds is 29. The van der Waals surface area contributed by atoms with E-state index in [2.05, 4.69) is 223 Å². The van der Waals surface area contributed by atoms with Gasteiger partial charge in [-0.3, -0.25) is 38.4 Å². The van der Waals surface area contributed by atoms with E-state index in [1.54, 1.807) is 73.5 Å². The summed E-state index contributed by atoms with van der Waals surface area (Å²) in [6.07, 6.45) is 22.2. The van der Waals surface area contributed by atoms with Crippen LogP contribution in [0.25, 0.3) is 88.1 Å². The van der Waals surface area contributed by atoms with Crippen LogP contribution in [0.5, 0.6) is 0 Å². The molecule has 6 aliphatic heterocycles. The number of fused-ring (bicyclic) bond motifs is 4. The van der Waals surface area contributed by atoms with Crippen molar-refractivity contribution in [1.29, 1.82) is 0 Å². The molecule has 4 aromatic heterocycles. The van der Waals surface area contributed by atoms with E-state index in [-0.39, 0.29) is 119 Å². The van der Waals surface area contributed by atoms with Gasteiger partial charge in [-0.05, 0) is 250 Å². The Morgan fingerprint density at radius 3 is 0.960 bits per heavy atom. The number of carbonyl (C=O) groups excluding carboxylic acids is 8. The van der Waals surface area contributed by atoms with Crippen LogP contribution in [-0.2, 0) is 65.8 Å². The van der Waals surface area contributed by atoms with Crippen molar-refractivity contribution < 1.29 is 56.2 Å². The van der Waals surface area contributed by atoms with Crippen molar-refractivity contribution in [2.24, 2.45) is 23.7 Å². The third-order valence-electron chi connectivity index (χ3n) is 31.9. The highest BCUT2D eigenvalue weighted by atomic mass is 32.1. The molecule has 33 heteroatoms. The lowest BCUT2D eigenvalue weighted by Crippen LogP contribution is -2.56. The molecule has 6 saturated heterocycles. The molecule has 28 nitrogen and oxygen atoms in total. The quantitative estimate of drug-likeness (QED) is 0.0216. The summed E-state index contributed by atoms with van der Waals surface area (Å²) in [6.45, 7) is 16.9. The van der Waals surface area contributed by atoms with Crippen molar-refractivity contribution in [3.05, 3.63) is 210 Å². The van der Waals surface area contributed by atoms with Gasteiger partial charge in [-0.1, -0.05) is 203 Å². The molecule has 10 heterocycles. The van der Waals surface area contributed by atoms with Crippen LogP contribution in [0, 0.1) is 30.6 Å². The van der Waals surface area contributed by atoms with Crippen molar-refractivity contribution in [1.82, 2.24) is 82.1 Å². The van der Waals surface area contributed by atoms with E-state index in [1.807, 2.05) is 59.4 Å². The van der Waals surface area contributed by atoms with Crippen molar-refractivity contribution in [2.45, 2.75) is 262 Å². The number of carbonyl (C=O) groups is 8. The highest BCUT2D eigenvalue weighted by molar-refractivity contribution is 7.51. The second kappa shape index (κ2) is 53.8. The number of benzene rings is 8. The van der Waals surface area contributed by atoms with Crippen LogP contribution in [0.2, 0.25) is 0 Å². The minimum atomic E-state index is -0.750. The zero-order valence-electron chi connectivity index (χ0n) is 88.0. The first-order chi connectivity index (χ1) is 73.0. The number of aryl methyl sites for hydroxylation is 2. The molecule has 2 aliphatic carbocycles. The Kier molecular flexibility index (Phi) is 39.9. The molecule has 8 N–H and O–H groups in total. The summed E-state index contributed by atoms with van der Waals surface area (Å²) in [5, 5.41) is 46.4. The summed E-state index contributed by atoms with van der Waals surface area (Å²) >= 11 is 5.79. The average Bonchev–Trinajstić information content (AvgIpc) is 1.57. The Morgan fingerprint density at radius 2 is 0.620 bits per heavy atom. The Hall–Kier alpha value is -11.3. The number of amides is 8. The number of ether oxygens (including phenoxy) is 2. The molecule has 8 aromatic carbocycles. The van der Waals surface area contributed by atoms with Gasteiger partial charge in [-0.2, -0.15) is 8.42 Å². The number of nitrogens with zero attached hydrogens (tertiary/aromatic N) is 8. The molecule has 0 spiro atoms. The first-order valence-corrected chi connectivity index (χ1v) is 58.2. The van der Waals surface area contributed by atoms with Crippen molar-refractivity contribution >= 4 is 147 Å². The first kappa shape index (κ1) is 111. The van der Waals surface area contributed by atoms with Gasteiger partial charge in [0.2, 0.25) is 47.3 Å². The smallest absolute Gasteiger partial charge is 0.335 e. The van der Waals surface area contributed by atoms with Crippen molar-refractivity contribution in [2.75, 3.05) is 80.8 Å². The van der Waals surface area contributed by atoms with Crippen LogP contribution in [0.15, 0.2) is 179 Å². The molecule has 0 bridgehead atoms. The number of likely N-dealkylation sites (tertiary alicyclic amines) is 4. The second-order valence-corrected chi connectivity index (χ2v) is 44.7. The monoisotopic (exact) mass is 2130 g/mol. The topological polar surface area (TPSA) is 350 Å². The highest BCUT2D eigenvalue weighted by Crippen LogP contribution is 2.46. The lowest BCUT2D eigenvalue weighted by atomic mass is 9.83. The van der Waals surface area contributed by atoms with Gasteiger partial charge in [0, 0.05) is 96.4 Å². The van der Waals surface area contributed by atoms with Crippen LogP contribution in [0.3, 0.4) is 0 Å². The van der Waals surface area contributed by atoms with Crippen LogP contribution < -0.4 is 42.5 Å². The van der Waals surface area contributed by atoms with Gasteiger partial charge in [0.05, 0.1) is 71.1 Å². The lowest BCUT2D eigenvalue weighted by Gasteiger charge is -2.35. The normalized spacial score (nSPS) is 19.9. The van der Waals surface area contributed by atoms with E-state index >= 15 is 0 Å². The van der Waals surface area contributed by atoms with Gasteiger partial charge in [0.1, 0.15) is 44.2 Å². The van der Waals surface area contributed by atoms with Gasteiger partial charge in [0.15, 0.2) is 0 Å². The molecule has 150 heavy (non-hydrogen) atoms. The van der Waals surface area contributed by atoms with Gasteiger partial charge < -0.3 is 71.6 Å². The van der Waals surface area contributed by atoms with Gasteiger partial charge in [-0.15, -0.1) is 45.3 Å². The maximum absolute atomic E-state index is 14.1. The minimum Gasteiger partial charge on any atom is -0.381 e. The van der Waals surface area contributed by atoms with Gasteiger partial charge >= 0.3 is 11.6 Å². The fourth-order valence-corrected chi connectivity index (χ4v) is 26.6. The molecule has 796 valence electrons. The largest absolute Gasteiger partial charge is 0.381 e. The summed E-state index contributed by atoms with van der Waals surface area (Å²) in [5.74, 6) is 0.155. The van der Waals surface area contributed by atoms with E-state index in [0.717, 1.165) is 194 Å². The Labute approximate surface area is 900 Å². The molecule has 12 atom stereocenters. The van der Waals surface area contributed by atoms with Crippen molar-refractivity contribution in [3.63, 3.8) is 0 Å². The molecular formula is C117H146N16O12S5. The van der Waals surface area contributed by atoms with Gasteiger partial charge in [0.25, 0.3) is 0 Å². The average molecular weight is 2130 g/mol. The number of hydrogen-bond donors (Lipinski definition) is 8. The van der Waals surface area contributed by atoms with E-state index in [4.69, 9.17) is 37.8 Å². The fourth-order valence-electron chi connectivity index (χ4n) is 22.8. The number of aromatic nitrogens is 4. The van der Waals surface area contributed by atoms with Gasteiger partial charge in [-0.25, -0.2) is 19.9 Å². The maximum atomic E-state index is 14.1. The van der Waals surface area contributed by atoms with Crippen molar-refractivity contribution in [3.8, 4) is 45.0 Å². The Bertz CT molecular complexity index is 6460. The Morgan fingerprint density at radius 1 is 0.333 bits per heavy atom. The Balaban J connectivity index is 0.000000141. The van der Waals surface area contributed by atoms with E-state index in [0.29, 0.717) is 52.6 Å². The van der Waals surface area contributed by atoms with E-state index in [9.17, 15) is 38.4 Å². The zero-order valence-corrected chi connectivity index (χ0v) is 92.1. The third-order valence-corrected chi connectivity index (χ3v) is 35.6. The minimum absolute atomic E-state index is 0.00274. The maximum Gasteiger partial charge on any atom is 0.335 e. The number of thiazole rings is 4. The fraction of sp³-hybridized carbons (Fsp3) is 0.487. The standard InChI is InChI=1S/C31H40N4O2S.C30H38N4O2S.2C28H34N4O3S.O2S/c1-4-21-16-17-22-11-8-9-14-24(22)27(21)25-19-38-30(33-25)26-15-10-18-35(26)31(37)28(23-12-6-5-7-13-23)34-29(36)20(2)32-3;1-19-15-16-24(23-13-8-7-12-22(19)23)25-18-37-29(32-25)26-14-9-17-34(26)30(36)27(21-10-5-4-6-11-21)33-28(35)20(2)31-3;2*1-18(29-2)26(33)31-25(20-12-15-35-16-13-20)28(34)32-14-6-11-24(32)27-30-23(17-36-27)22-10-5-8-19-7-3-4-9-21(19)22;1-3-2/h8-9,11,14,16-17,19-20,23,26,28,32H,4-7,10,12-13,15,18H2,1-3H3,(H,34,36);7-8,12-13,15-16,18,20-21,26-27,31H,4-6,9-11,14,17H2,1-3H3,(H,33,35);2*3-5,7-10,17-18,20,24-25,29H,6,11-16H2,1-2H3,(H,31,33);/t20-,26-,28-;20-,26-,27-;18-,24-,25+;18-,24-,25-;/m0000./s1. The predicted octanol–water partition coefficient (Wildman–Crippen LogP) is 19.1. The molecule has 8 aliphatic rings. The molecule has 20 rings (SSSR count). The third kappa shape index (κ3) is 26.4. The van der Waals surface area contributed by atoms with Crippen LogP contribution in [0.4, 0.5) is 0 Å². The molecule has 0 unspecified atom stereocenters. The molecule has 12 aromatic rings. The number of likely N-dealkylation sites (N-methyl/N-ethyl adjacent to an activating group) is 4. The first-order valence-electron chi connectivity index (χ1n) is 54.0.